The summed E-state index contributed by atoms with van der Waals surface area (Å²) in [5.41, 5.74) is 4.33. The molecular formula is C33H31F5N4O4. The van der Waals surface area contributed by atoms with Crippen molar-refractivity contribution in [3.05, 3.63) is 88.1 Å². The molecule has 2 atom stereocenters. The van der Waals surface area contributed by atoms with Gasteiger partial charge in [0.15, 0.2) is 0 Å². The van der Waals surface area contributed by atoms with Crippen molar-refractivity contribution in [3.8, 4) is 5.75 Å². The number of alkyl halides is 3. The van der Waals surface area contributed by atoms with E-state index in [2.05, 4.69) is 15.5 Å². The highest BCUT2D eigenvalue weighted by atomic mass is 19.4. The van der Waals surface area contributed by atoms with Crippen LogP contribution in [0.1, 0.15) is 54.1 Å². The van der Waals surface area contributed by atoms with Gasteiger partial charge in [0.05, 0.1) is 23.7 Å². The van der Waals surface area contributed by atoms with Crippen LogP contribution in [0.3, 0.4) is 0 Å². The van der Waals surface area contributed by atoms with Crippen molar-refractivity contribution in [3.63, 3.8) is 0 Å². The van der Waals surface area contributed by atoms with Crippen LogP contribution < -0.4 is 10.1 Å². The Morgan fingerprint density at radius 1 is 1.09 bits per heavy atom. The van der Waals surface area contributed by atoms with Crippen LogP contribution in [0.4, 0.5) is 27.6 Å². The van der Waals surface area contributed by atoms with Crippen LogP contribution >= 0.6 is 0 Å². The molecule has 2 aliphatic rings. The number of benzene rings is 3. The summed E-state index contributed by atoms with van der Waals surface area (Å²) in [4.78, 5) is 23.9. The van der Waals surface area contributed by atoms with Gasteiger partial charge in [-0.25, -0.2) is 13.6 Å². The molecule has 2 heterocycles. The lowest BCUT2D eigenvalue weighted by Crippen LogP contribution is -2.23. The van der Waals surface area contributed by atoms with Gasteiger partial charge < -0.3 is 15.2 Å². The molecule has 1 fully saturated rings. The van der Waals surface area contributed by atoms with E-state index < -0.39 is 29.2 Å². The number of nitrogens with zero attached hydrogens (tertiary/aromatic N) is 2. The van der Waals surface area contributed by atoms with Crippen molar-refractivity contribution in [1.29, 1.82) is 0 Å². The number of carboxylic acid groups (broad SMARTS) is 1. The van der Waals surface area contributed by atoms with Crippen molar-refractivity contribution < 1.29 is 41.4 Å². The number of carboxylic acids is 1. The second-order valence-corrected chi connectivity index (χ2v) is 11.1. The number of amides is 1. The number of anilines is 1. The second-order valence-electron chi connectivity index (χ2n) is 11.1. The summed E-state index contributed by atoms with van der Waals surface area (Å²) in [6.45, 7) is 5.63. The average molecular weight is 643 g/mol. The van der Waals surface area contributed by atoms with Gasteiger partial charge in [-0.1, -0.05) is 32.1 Å². The minimum Gasteiger partial charge on any atom is -0.497 e. The molecule has 1 aromatic heterocycles. The van der Waals surface area contributed by atoms with E-state index in [-0.39, 0.29) is 23.9 Å². The maximum atomic E-state index is 14.7. The van der Waals surface area contributed by atoms with Crippen molar-refractivity contribution in [2.24, 2.45) is 0 Å². The van der Waals surface area contributed by atoms with Gasteiger partial charge in [-0.2, -0.15) is 18.3 Å². The SMILES string of the molecule is CCN(CC)Cc1c(F)cc(C=Cc2n[nH]c3cc([C@@H]4C[C@@]45C(=O)Nc4ccc(OC)cc45)ccc23)cc1F.O=C(O)C(F)(F)F. The molecule has 1 aliphatic heterocycles. The molecule has 8 nitrogen and oxygen atoms in total. The summed E-state index contributed by atoms with van der Waals surface area (Å²) in [5, 5.41) is 18.5. The van der Waals surface area contributed by atoms with E-state index in [1.165, 1.54) is 12.1 Å². The Morgan fingerprint density at radius 2 is 1.76 bits per heavy atom. The number of aromatic amines is 1. The maximum Gasteiger partial charge on any atom is 0.490 e. The Balaban J connectivity index is 0.000000537. The molecule has 13 heteroatoms. The van der Waals surface area contributed by atoms with Crippen LogP contribution in [0, 0.1) is 11.6 Å². The number of fused-ring (bicyclic) bond motifs is 3. The number of halogens is 5. The zero-order chi connectivity index (χ0) is 33.4. The Labute approximate surface area is 260 Å². The van der Waals surface area contributed by atoms with Crippen LogP contribution in [-0.4, -0.2) is 58.5 Å². The predicted molar refractivity (Wildman–Crippen MR) is 162 cm³/mol. The summed E-state index contributed by atoms with van der Waals surface area (Å²) in [5.74, 6) is -3.05. The van der Waals surface area contributed by atoms with E-state index >= 15 is 0 Å². The highest BCUT2D eigenvalue weighted by Gasteiger charge is 2.65. The van der Waals surface area contributed by atoms with E-state index in [4.69, 9.17) is 14.6 Å². The first-order valence-corrected chi connectivity index (χ1v) is 14.5. The first-order valence-electron chi connectivity index (χ1n) is 14.5. The number of rotatable bonds is 8. The molecule has 4 aromatic rings. The Morgan fingerprint density at radius 3 is 2.37 bits per heavy atom. The standard InChI is InChI=1S/C31H30F2N4O2.C2HF3O2/c1-4-37(5-2)17-22-25(32)12-18(13-26(22)33)6-10-27-21-9-7-19(14-29(21)36-35-27)24-16-31(24)23-15-20(39-3)8-11-28(23)34-30(31)38;3-2(4,5)1(6)7/h6-15,24H,4-5,16-17H2,1-3H3,(H,34,38)(H,35,36);(H,6,7)/t24-,31-;/m0./s1. The molecule has 3 aromatic carbocycles. The van der Waals surface area contributed by atoms with Gasteiger partial charge in [-0.3, -0.25) is 14.8 Å². The molecule has 242 valence electrons. The topological polar surface area (TPSA) is 108 Å². The van der Waals surface area contributed by atoms with Crippen molar-refractivity contribution in [2.45, 2.75) is 44.3 Å². The number of ether oxygens (including phenoxy) is 1. The highest BCUT2D eigenvalue weighted by Crippen LogP contribution is 2.65. The van der Waals surface area contributed by atoms with Crippen molar-refractivity contribution in [2.75, 3.05) is 25.5 Å². The summed E-state index contributed by atoms with van der Waals surface area (Å²) in [6.07, 6.45) is -0.935. The number of aromatic nitrogens is 2. The van der Waals surface area contributed by atoms with Gasteiger partial charge in [0.1, 0.15) is 17.4 Å². The highest BCUT2D eigenvalue weighted by molar-refractivity contribution is 6.10. The Kier molecular flexibility index (Phi) is 8.89. The first kappa shape index (κ1) is 32.6. The number of H-pyrrole nitrogens is 1. The van der Waals surface area contributed by atoms with Gasteiger partial charge >= 0.3 is 12.1 Å². The number of carbonyl (C=O) groups excluding carboxylic acids is 1. The van der Waals surface area contributed by atoms with Crippen LogP contribution in [0.25, 0.3) is 23.1 Å². The molecule has 1 aliphatic carbocycles. The first-order chi connectivity index (χ1) is 21.8. The molecule has 3 N–H and O–H groups in total. The van der Waals surface area contributed by atoms with E-state index in [1.807, 2.05) is 55.1 Å². The number of nitrogens with one attached hydrogen (secondary N) is 2. The smallest absolute Gasteiger partial charge is 0.490 e. The van der Waals surface area contributed by atoms with E-state index in [0.717, 1.165) is 53.0 Å². The molecule has 1 spiro atoms. The Hall–Kier alpha value is -4.78. The maximum absolute atomic E-state index is 14.7. The monoisotopic (exact) mass is 642 g/mol. The summed E-state index contributed by atoms with van der Waals surface area (Å²) in [7, 11) is 1.62. The molecule has 6 rings (SSSR count). The summed E-state index contributed by atoms with van der Waals surface area (Å²) in [6, 6.07) is 14.5. The van der Waals surface area contributed by atoms with E-state index in [1.54, 1.807) is 19.3 Å². The van der Waals surface area contributed by atoms with Crippen LogP contribution in [0.5, 0.6) is 5.75 Å². The third-order valence-corrected chi connectivity index (χ3v) is 8.46. The fourth-order valence-corrected chi connectivity index (χ4v) is 5.82. The molecule has 0 bridgehead atoms. The molecule has 0 unspecified atom stereocenters. The van der Waals surface area contributed by atoms with Gasteiger partial charge in [0.25, 0.3) is 0 Å². The van der Waals surface area contributed by atoms with E-state index in [0.29, 0.717) is 11.3 Å². The molecule has 1 amide bonds. The molecule has 46 heavy (non-hydrogen) atoms. The quantitative estimate of drug-likeness (QED) is 0.181. The van der Waals surface area contributed by atoms with Crippen molar-refractivity contribution in [1.82, 2.24) is 15.1 Å². The number of hydrogen-bond acceptors (Lipinski definition) is 5. The number of aliphatic carboxylic acids is 1. The molecule has 1 saturated carbocycles. The average Bonchev–Trinajstić information content (AvgIpc) is 3.56. The number of methoxy groups -OCH3 is 1. The number of hydrogen-bond donors (Lipinski definition) is 3. The molecule has 0 radical (unpaired) electrons. The summed E-state index contributed by atoms with van der Waals surface area (Å²) < 4.78 is 66.6. The minimum atomic E-state index is -5.08. The molecular weight excluding hydrogens is 611 g/mol. The minimum absolute atomic E-state index is 0.0201. The van der Waals surface area contributed by atoms with Crippen LogP contribution in [0.2, 0.25) is 0 Å². The third-order valence-electron chi connectivity index (χ3n) is 8.46. The van der Waals surface area contributed by atoms with Crippen molar-refractivity contribution >= 4 is 40.6 Å². The third kappa shape index (κ3) is 6.19. The fourth-order valence-electron chi connectivity index (χ4n) is 5.82. The predicted octanol–water partition coefficient (Wildman–Crippen LogP) is 6.87. The van der Waals surface area contributed by atoms with Crippen LogP contribution in [0.15, 0.2) is 48.5 Å². The molecule has 0 saturated heterocycles. The second kappa shape index (κ2) is 12.5. The zero-order valence-electron chi connectivity index (χ0n) is 25.1. The summed E-state index contributed by atoms with van der Waals surface area (Å²) >= 11 is 0. The van der Waals surface area contributed by atoms with Gasteiger partial charge in [-0.15, -0.1) is 0 Å². The normalized spacial score (nSPS) is 18.5. The lowest BCUT2D eigenvalue weighted by Gasteiger charge is -2.19. The van der Waals surface area contributed by atoms with Gasteiger partial charge in [-0.05, 0) is 78.7 Å². The van der Waals surface area contributed by atoms with E-state index in [9.17, 15) is 26.7 Å². The van der Waals surface area contributed by atoms with Gasteiger partial charge in [0, 0.05) is 29.1 Å². The fraction of sp³-hybridized carbons (Fsp3) is 0.303. The Bertz CT molecular complexity index is 1810. The lowest BCUT2D eigenvalue weighted by molar-refractivity contribution is -0.192. The lowest BCUT2D eigenvalue weighted by atomic mass is 9.91. The largest absolute Gasteiger partial charge is 0.497 e. The van der Waals surface area contributed by atoms with Crippen LogP contribution in [-0.2, 0) is 21.5 Å². The van der Waals surface area contributed by atoms with Gasteiger partial charge in [0.2, 0.25) is 5.91 Å². The number of carbonyl (C=O) groups is 2. The zero-order valence-corrected chi connectivity index (χ0v) is 25.1.